The Kier molecular flexibility index (Phi) is 8.99. The fraction of sp³-hybridized carbons (Fsp3) is 0.235. The average molecular weight is 756 g/mol. The first-order chi connectivity index (χ1) is 19.8. The van der Waals surface area contributed by atoms with Crippen LogP contribution in [-0.2, 0) is 31.9 Å². The van der Waals surface area contributed by atoms with Crippen molar-refractivity contribution in [1.29, 1.82) is 5.26 Å². The molecule has 0 aliphatic carbocycles. The molecule has 0 saturated heterocycles. The van der Waals surface area contributed by atoms with Gasteiger partial charge in [0, 0.05) is 18.0 Å². The molecule has 0 bridgehead atoms. The smallest absolute Gasteiger partial charge is 0.291 e. The van der Waals surface area contributed by atoms with Gasteiger partial charge in [-0.2, -0.15) is 28.6 Å². The predicted molar refractivity (Wildman–Crippen MR) is 159 cm³/mol. The van der Waals surface area contributed by atoms with E-state index in [1.165, 1.54) is 0 Å². The van der Waals surface area contributed by atoms with Crippen LogP contribution in [0.15, 0.2) is 72.9 Å². The third-order valence-corrected chi connectivity index (χ3v) is 6.84. The van der Waals surface area contributed by atoms with Gasteiger partial charge in [-0.3, -0.25) is 19.5 Å². The van der Waals surface area contributed by atoms with Crippen LogP contribution in [0.1, 0.15) is 58.2 Å². The summed E-state index contributed by atoms with van der Waals surface area (Å²) < 4.78 is 29.8. The van der Waals surface area contributed by atoms with Crippen molar-refractivity contribution in [3.63, 3.8) is 0 Å². The monoisotopic (exact) mass is 755 g/mol. The Labute approximate surface area is 265 Å². The van der Waals surface area contributed by atoms with Crippen molar-refractivity contribution < 1.29 is 29.8 Å². The zero-order valence-electron chi connectivity index (χ0n) is 24.7. The van der Waals surface area contributed by atoms with E-state index in [1.54, 1.807) is 47.3 Å². The quantitative estimate of drug-likeness (QED) is 0.134. The van der Waals surface area contributed by atoms with Gasteiger partial charge in [0.2, 0.25) is 0 Å². The minimum Gasteiger partial charge on any atom is -0.291 e. The minimum atomic E-state index is -0.992. The average Bonchev–Trinajstić information content (AvgIpc) is 3.42. The van der Waals surface area contributed by atoms with Crippen LogP contribution in [0.3, 0.4) is 0 Å². The van der Waals surface area contributed by atoms with Crippen LogP contribution in [0.5, 0.6) is 0 Å². The molecule has 3 heterocycles. The number of anilines is 3. The van der Waals surface area contributed by atoms with Gasteiger partial charge in [0.15, 0.2) is 5.82 Å². The summed E-state index contributed by atoms with van der Waals surface area (Å²) in [6.07, 6.45) is 1.79. The summed E-state index contributed by atoms with van der Waals surface area (Å²) in [7, 11) is 0. The molecule has 0 fully saturated rings. The first-order valence-electron chi connectivity index (χ1n) is 13.5. The van der Waals surface area contributed by atoms with Gasteiger partial charge in [-0.15, -0.1) is 12.1 Å². The Morgan fingerprint density at radius 3 is 2.19 bits per heavy atom. The number of nitriles is 1. The van der Waals surface area contributed by atoms with Crippen molar-refractivity contribution in [3.8, 4) is 23.0 Å². The molecule has 0 N–H and O–H groups in total. The van der Waals surface area contributed by atoms with E-state index < -0.39 is 11.9 Å². The number of hydrogen-bond acceptors (Lipinski definition) is 5. The Balaban J connectivity index is 0.00000423. The van der Waals surface area contributed by atoms with Crippen LogP contribution < -0.4 is 4.90 Å². The number of aromatic nitrogens is 4. The van der Waals surface area contributed by atoms with E-state index in [1.807, 2.05) is 11.0 Å². The molecule has 43 heavy (non-hydrogen) atoms. The van der Waals surface area contributed by atoms with Crippen molar-refractivity contribution in [2.24, 2.45) is 0 Å². The molecule has 9 heteroatoms. The van der Waals surface area contributed by atoms with E-state index in [0.29, 0.717) is 22.9 Å². The fourth-order valence-corrected chi connectivity index (χ4v) is 4.45. The summed E-state index contributed by atoms with van der Waals surface area (Å²) in [6.45, 7) is 13.0. The van der Waals surface area contributed by atoms with Crippen molar-refractivity contribution in [2.45, 2.75) is 52.4 Å². The molecule has 0 spiro atoms. The summed E-state index contributed by atoms with van der Waals surface area (Å²) in [5.41, 5.74) is 4.08. The third kappa shape index (κ3) is 6.89. The maximum Gasteiger partial charge on any atom is 2.00 e. The van der Waals surface area contributed by atoms with E-state index in [9.17, 15) is 14.0 Å². The van der Waals surface area contributed by atoms with E-state index in [-0.39, 0.29) is 43.2 Å². The predicted octanol–water partition coefficient (Wildman–Crippen LogP) is 8.14. The molecule has 0 radical (unpaired) electrons. The number of benzene rings is 2. The topological polar surface area (TPSA) is 70.6 Å². The standard InChI is InChI=1S/C34H30F2N6.Pt/c1-33(2,3)23-18-24(34(4,5)6)20-26(19-23)42(31-15-16-41(40-31)25-10-7-9-22(17-25)21-37)30-12-8-11-28(38-30)27-13-14-29(35)39-32(27)36;/h7-9,11-12,14-20H,1-6H3;/q-2;+2. The molecule has 2 aromatic carbocycles. The normalized spacial score (nSPS) is 11.5. The molecule has 3 aromatic heterocycles. The van der Waals surface area contributed by atoms with Gasteiger partial charge < -0.3 is 0 Å². The zero-order valence-corrected chi connectivity index (χ0v) is 27.0. The third-order valence-electron chi connectivity index (χ3n) is 6.84. The van der Waals surface area contributed by atoms with E-state index in [2.05, 4.69) is 82.9 Å². The van der Waals surface area contributed by atoms with E-state index in [4.69, 9.17) is 10.1 Å². The Morgan fingerprint density at radius 2 is 1.56 bits per heavy atom. The minimum absolute atomic E-state index is 0. The number of hydrogen-bond donors (Lipinski definition) is 0. The van der Waals surface area contributed by atoms with Crippen molar-refractivity contribution in [1.82, 2.24) is 19.7 Å². The number of halogens is 2. The van der Waals surface area contributed by atoms with Crippen LogP contribution in [0, 0.1) is 35.4 Å². The van der Waals surface area contributed by atoms with Gasteiger partial charge in [-0.1, -0.05) is 76.9 Å². The van der Waals surface area contributed by atoms with Gasteiger partial charge in [0.25, 0.3) is 0 Å². The number of rotatable bonds is 5. The van der Waals surface area contributed by atoms with Crippen LogP contribution in [0.25, 0.3) is 16.9 Å². The van der Waals surface area contributed by atoms with Gasteiger partial charge in [0.05, 0.1) is 6.07 Å². The molecular weight excluding hydrogens is 725 g/mol. The number of pyridine rings is 2. The summed E-state index contributed by atoms with van der Waals surface area (Å²) in [6, 6.07) is 27.4. The molecule has 0 aliphatic heterocycles. The molecule has 6 nitrogen and oxygen atoms in total. The van der Waals surface area contributed by atoms with Crippen molar-refractivity contribution in [3.05, 3.63) is 114 Å². The molecule has 0 atom stereocenters. The maximum absolute atomic E-state index is 14.7. The Hall–Kier alpha value is -4.21. The summed E-state index contributed by atoms with van der Waals surface area (Å²) in [5.74, 6) is -0.933. The van der Waals surface area contributed by atoms with Crippen LogP contribution in [0.4, 0.5) is 26.1 Å². The molecule has 0 aliphatic rings. The summed E-state index contributed by atoms with van der Waals surface area (Å²) >= 11 is 0. The second-order valence-electron chi connectivity index (χ2n) is 12.1. The Bertz CT molecular complexity index is 1780. The second kappa shape index (κ2) is 12.2. The van der Waals surface area contributed by atoms with Gasteiger partial charge in [-0.05, 0) is 51.5 Å². The Morgan fingerprint density at radius 1 is 0.860 bits per heavy atom. The summed E-state index contributed by atoms with van der Waals surface area (Å²) in [4.78, 5) is 9.98. The maximum atomic E-state index is 14.7. The fourth-order valence-electron chi connectivity index (χ4n) is 4.45. The van der Waals surface area contributed by atoms with Crippen molar-refractivity contribution >= 4 is 17.3 Å². The number of nitrogens with zero attached hydrogens (tertiary/aromatic N) is 6. The molecule has 5 rings (SSSR count). The molecule has 5 aromatic rings. The van der Waals surface area contributed by atoms with Gasteiger partial charge >= 0.3 is 21.1 Å². The van der Waals surface area contributed by atoms with Crippen molar-refractivity contribution in [2.75, 3.05) is 4.90 Å². The SMILES string of the molecule is CC(C)(C)c1cc(N(c2cccc(-c3[c-]cc(F)nc3F)n2)c2ccn(-c3[c-]ccc(C#N)c3)n2)cc(C(C)(C)C)c1.[Pt+2]. The molecular formula is C34H30F2N6Pt. The van der Waals surface area contributed by atoms with E-state index >= 15 is 0 Å². The van der Waals surface area contributed by atoms with Crippen LogP contribution in [-0.4, -0.2) is 19.7 Å². The first-order valence-corrected chi connectivity index (χ1v) is 13.5. The second-order valence-corrected chi connectivity index (χ2v) is 12.1. The largest absolute Gasteiger partial charge is 2.00 e. The first kappa shape index (κ1) is 31.7. The van der Waals surface area contributed by atoms with Gasteiger partial charge in [-0.25, -0.2) is 8.78 Å². The molecule has 220 valence electrons. The zero-order chi connectivity index (χ0) is 30.2. The molecule has 0 amide bonds. The van der Waals surface area contributed by atoms with Gasteiger partial charge in [0.1, 0.15) is 17.7 Å². The van der Waals surface area contributed by atoms with E-state index in [0.717, 1.165) is 22.9 Å². The summed E-state index contributed by atoms with van der Waals surface area (Å²) in [5, 5.41) is 14.2. The molecule has 0 saturated carbocycles. The van der Waals surface area contributed by atoms with Crippen LogP contribution >= 0.6 is 0 Å². The van der Waals surface area contributed by atoms with Crippen LogP contribution in [0.2, 0.25) is 0 Å². The molecule has 0 unspecified atom stereocenters.